The van der Waals surface area contributed by atoms with Gasteiger partial charge < -0.3 is 10.6 Å². The van der Waals surface area contributed by atoms with Crippen LogP contribution < -0.4 is 10.6 Å². The number of amides is 1. The average Bonchev–Trinajstić information content (AvgIpc) is 3.07. The van der Waals surface area contributed by atoms with Gasteiger partial charge in [-0.2, -0.15) is 4.98 Å². The molecule has 0 unspecified atom stereocenters. The molecule has 1 aliphatic rings. The van der Waals surface area contributed by atoms with Gasteiger partial charge in [-0.3, -0.25) is 9.20 Å². The number of nitrogens with one attached hydrogen (secondary N) is 2. The first-order valence-corrected chi connectivity index (χ1v) is 6.69. The minimum atomic E-state index is 0.0393. The molecule has 3 heterocycles. The van der Waals surface area contributed by atoms with Crippen molar-refractivity contribution in [2.75, 3.05) is 17.7 Å². The lowest BCUT2D eigenvalue weighted by Crippen LogP contribution is -2.03. The maximum Gasteiger partial charge on any atom is 0.236 e. The summed E-state index contributed by atoms with van der Waals surface area (Å²) in [5.74, 6) is 1.47. The van der Waals surface area contributed by atoms with Gasteiger partial charge in [0, 0.05) is 30.7 Å². The summed E-state index contributed by atoms with van der Waals surface area (Å²) in [5, 5.41) is 5.83. The summed E-state index contributed by atoms with van der Waals surface area (Å²) in [4.78, 5) is 20.4. The van der Waals surface area contributed by atoms with Gasteiger partial charge in [-0.15, -0.1) is 0 Å². The van der Waals surface area contributed by atoms with E-state index in [9.17, 15) is 4.79 Å². The molecule has 4 rings (SSSR count). The van der Waals surface area contributed by atoms with Crippen molar-refractivity contribution in [3.8, 4) is 11.3 Å². The van der Waals surface area contributed by atoms with E-state index in [0.717, 1.165) is 28.3 Å². The fourth-order valence-electron chi connectivity index (χ4n) is 2.54. The Balaban J connectivity index is 1.80. The number of aromatic nitrogens is 3. The highest BCUT2D eigenvalue weighted by molar-refractivity contribution is 5.99. The van der Waals surface area contributed by atoms with Crippen LogP contribution in [-0.2, 0) is 11.2 Å². The molecule has 6 nitrogen and oxygen atoms in total. The van der Waals surface area contributed by atoms with Crippen LogP contribution in [0.1, 0.15) is 5.56 Å². The maximum atomic E-state index is 11.4. The number of benzene rings is 1. The summed E-state index contributed by atoms with van der Waals surface area (Å²) in [7, 11) is 1.83. The Labute approximate surface area is 120 Å². The zero-order chi connectivity index (χ0) is 14.4. The van der Waals surface area contributed by atoms with Crippen molar-refractivity contribution in [2.24, 2.45) is 0 Å². The molecule has 0 spiro atoms. The third kappa shape index (κ3) is 1.92. The lowest BCUT2D eigenvalue weighted by atomic mass is 10.1. The first-order valence-electron chi connectivity index (χ1n) is 6.69. The van der Waals surface area contributed by atoms with Gasteiger partial charge in [-0.25, -0.2) is 4.98 Å². The molecule has 0 atom stereocenters. The molecule has 0 fully saturated rings. The van der Waals surface area contributed by atoms with Gasteiger partial charge in [-0.1, -0.05) is 6.07 Å². The predicted molar refractivity (Wildman–Crippen MR) is 80.3 cm³/mol. The number of fused-ring (bicyclic) bond motifs is 2. The van der Waals surface area contributed by atoms with Crippen LogP contribution in [0.2, 0.25) is 0 Å². The molecule has 1 amide bonds. The van der Waals surface area contributed by atoms with Gasteiger partial charge in [0.1, 0.15) is 5.82 Å². The molecule has 104 valence electrons. The molecule has 0 saturated heterocycles. The minimum absolute atomic E-state index is 0.0393. The summed E-state index contributed by atoms with van der Waals surface area (Å²) in [6.45, 7) is 0. The normalized spacial score (nSPS) is 13.3. The Morgan fingerprint density at radius 1 is 1.29 bits per heavy atom. The first kappa shape index (κ1) is 11.9. The molecule has 0 radical (unpaired) electrons. The molecule has 3 aromatic rings. The maximum absolute atomic E-state index is 11.4. The summed E-state index contributed by atoms with van der Waals surface area (Å²) in [5.41, 5.74) is 3.74. The Morgan fingerprint density at radius 3 is 3.05 bits per heavy atom. The molecule has 0 aliphatic carbocycles. The summed E-state index contributed by atoms with van der Waals surface area (Å²) in [6.07, 6.45) is 4.29. The van der Waals surface area contributed by atoms with E-state index in [1.165, 1.54) is 0 Å². The Morgan fingerprint density at radius 2 is 2.19 bits per heavy atom. The smallest absolute Gasteiger partial charge is 0.236 e. The Kier molecular flexibility index (Phi) is 2.44. The molecular weight excluding hydrogens is 266 g/mol. The Bertz CT molecular complexity index is 868. The topological polar surface area (TPSA) is 71.3 Å². The van der Waals surface area contributed by atoms with Crippen molar-refractivity contribution in [2.45, 2.75) is 6.42 Å². The monoisotopic (exact) mass is 279 g/mol. The number of hydrogen-bond donors (Lipinski definition) is 2. The summed E-state index contributed by atoms with van der Waals surface area (Å²) in [6, 6.07) is 7.79. The quantitative estimate of drug-likeness (QED) is 0.752. The van der Waals surface area contributed by atoms with Crippen molar-refractivity contribution in [1.29, 1.82) is 0 Å². The molecule has 6 heteroatoms. The van der Waals surface area contributed by atoms with Crippen LogP contribution in [0, 0.1) is 0 Å². The molecular formula is C15H13N5O. The molecule has 1 aromatic carbocycles. The number of hydrogen-bond acceptors (Lipinski definition) is 4. The fourth-order valence-corrected chi connectivity index (χ4v) is 2.54. The highest BCUT2D eigenvalue weighted by Gasteiger charge is 2.18. The second-order valence-electron chi connectivity index (χ2n) is 4.99. The van der Waals surface area contributed by atoms with Crippen LogP contribution in [-0.4, -0.2) is 27.3 Å². The van der Waals surface area contributed by atoms with E-state index in [1.54, 1.807) is 0 Å². The van der Waals surface area contributed by atoms with Crippen molar-refractivity contribution >= 4 is 23.2 Å². The van der Waals surface area contributed by atoms with Crippen LogP contribution in [0.15, 0.2) is 36.7 Å². The number of rotatable bonds is 2. The molecule has 21 heavy (non-hydrogen) atoms. The van der Waals surface area contributed by atoms with E-state index in [1.807, 2.05) is 48.1 Å². The third-order valence-corrected chi connectivity index (χ3v) is 3.61. The zero-order valence-corrected chi connectivity index (χ0v) is 11.4. The van der Waals surface area contributed by atoms with E-state index in [2.05, 4.69) is 20.6 Å². The molecule has 1 aliphatic heterocycles. The summed E-state index contributed by atoms with van der Waals surface area (Å²) >= 11 is 0. The van der Waals surface area contributed by atoms with Gasteiger partial charge in [0.25, 0.3) is 0 Å². The van der Waals surface area contributed by atoms with Gasteiger partial charge in [-0.05, 0) is 23.8 Å². The fraction of sp³-hybridized carbons (Fsp3) is 0.133. The number of carbonyl (C=O) groups is 1. The Hall–Kier alpha value is -2.89. The highest BCUT2D eigenvalue weighted by Crippen LogP contribution is 2.28. The largest absolute Gasteiger partial charge is 0.373 e. The van der Waals surface area contributed by atoms with E-state index < -0.39 is 0 Å². The van der Waals surface area contributed by atoms with Gasteiger partial charge >= 0.3 is 0 Å². The standard InChI is InChI=1S/C15H13N5O/c1-16-13-4-5-20-8-12(18-15(20)19-13)9-2-3-11-10(6-9)7-14(21)17-11/h2-6,8H,7H2,1H3,(H,17,21)(H,16,18,19). The van der Waals surface area contributed by atoms with Crippen LogP contribution in [0.3, 0.4) is 0 Å². The second kappa shape index (κ2) is 4.31. The predicted octanol–water partition coefficient (Wildman–Crippen LogP) is 1.93. The van der Waals surface area contributed by atoms with Crippen LogP contribution in [0.5, 0.6) is 0 Å². The zero-order valence-electron chi connectivity index (χ0n) is 11.4. The van der Waals surface area contributed by atoms with Gasteiger partial charge in [0.15, 0.2) is 0 Å². The number of nitrogens with zero attached hydrogens (tertiary/aromatic N) is 3. The van der Waals surface area contributed by atoms with Gasteiger partial charge in [0.05, 0.1) is 12.1 Å². The number of carbonyl (C=O) groups excluding carboxylic acids is 1. The van der Waals surface area contributed by atoms with Crippen LogP contribution in [0.25, 0.3) is 17.0 Å². The summed E-state index contributed by atoms with van der Waals surface area (Å²) < 4.78 is 1.88. The molecule has 0 saturated carbocycles. The number of anilines is 2. The second-order valence-corrected chi connectivity index (χ2v) is 4.99. The SMILES string of the molecule is CNc1ccn2cc(-c3ccc4c(c3)CC(=O)N4)nc2n1. The molecule has 0 bridgehead atoms. The van der Waals surface area contributed by atoms with Crippen molar-refractivity contribution in [3.05, 3.63) is 42.2 Å². The van der Waals surface area contributed by atoms with E-state index in [0.29, 0.717) is 12.2 Å². The van der Waals surface area contributed by atoms with E-state index in [-0.39, 0.29) is 5.91 Å². The van der Waals surface area contributed by atoms with Crippen molar-refractivity contribution in [3.63, 3.8) is 0 Å². The van der Waals surface area contributed by atoms with Crippen molar-refractivity contribution in [1.82, 2.24) is 14.4 Å². The van der Waals surface area contributed by atoms with E-state index >= 15 is 0 Å². The molecule has 2 N–H and O–H groups in total. The number of imidazole rings is 1. The highest BCUT2D eigenvalue weighted by atomic mass is 16.1. The minimum Gasteiger partial charge on any atom is -0.373 e. The third-order valence-electron chi connectivity index (χ3n) is 3.61. The van der Waals surface area contributed by atoms with Crippen LogP contribution in [0.4, 0.5) is 11.5 Å². The lowest BCUT2D eigenvalue weighted by molar-refractivity contribution is -0.115. The molecule has 2 aromatic heterocycles. The lowest BCUT2D eigenvalue weighted by Gasteiger charge is -2.00. The average molecular weight is 279 g/mol. The van der Waals surface area contributed by atoms with Crippen LogP contribution >= 0.6 is 0 Å². The van der Waals surface area contributed by atoms with E-state index in [4.69, 9.17) is 0 Å². The van der Waals surface area contributed by atoms with Gasteiger partial charge in [0.2, 0.25) is 11.7 Å². The van der Waals surface area contributed by atoms with Crippen molar-refractivity contribution < 1.29 is 4.79 Å². The first-order chi connectivity index (χ1) is 10.2.